The number of nitrogens with zero attached hydrogens (tertiary/aromatic N) is 2. The highest BCUT2D eigenvalue weighted by Gasteiger charge is 2.22. The lowest BCUT2D eigenvalue weighted by Gasteiger charge is -2.23. The lowest BCUT2D eigenvalue weighted by Crippen LogP contribution is -2.35. The number of aromatic nitrogens is 1. The molecular weight excluding hydrogens is 354 g/mol. The fourth-order valence-corrected chi connectivity index (χ4v) is 3.33. The van der Waals surface area contributed by atoms with Gasteiger partial charge in [0.1, 0.15) is 12.4 Å². The van der Waals surface area contributed by atoms with E-state index >= 15 is 0 Å². The van der Waals surface area contributed by atoms with E-state index in [0.29, 0.717) is 22.5 Å². The predicted molar refractivity (Wildman–Crippen MR) is 109 cm³/mol. The van der Waals surface area contributed by atoms with E-state index in [1.54, 1.807) is 36.5 Å². The number of carboxylic acids is 1. The second-order valence-electron chi connectivity index (χ2n) is 6.42. The summed E-state index contributed by atoms with van der Waals surface area (Å²) >= 11 is 0. The molecule has 0 bridgehead atoms. The number of nitrogens with two attached hydrogens (primary N) is 1. The molecule has 0 unspecified atom stereocenters. The Labute approximate surface area is 160 Å². The third-order valence-electron chi connectivity index (χ3n) is 4.64. The molecule has 0 saturated heterocycles. The van der Waals surface area contributed by atoms with Gasteiger partial charge < -0.3 is 10.8 Å². The van der Waals surface area contributed by atoms with Crippen LogP contribution in [0.1, 0.15) is 10.4 Å². The lowest BCUT2D eigenvalue weighted by atomic mass is 10.0. The molecule has 3 N–H and O–H groups in total. The number of rotatable bonds is 4. The Balaban J connectivity index is 1.85. The highest BCUT2D eigenvalue weighted by atomic mass is 16.4. The van der Waals surface area contributed by atoms with E-state index in [2.05, 4.69) is 4.98 Å². The van der Waals surface area contributed by atoms with E-state index < -0.39 is 18.4 Å². The molecular formula is C22H17N3O3. The minimum Gasteiger partial charge on any atom is -0.480 e. The summed E-state index contributed by atoms with van der Waals surface area (Å²) in [4.78, 5) is 30.1. The van der Waals surface area contributed by atoms with E-state index in [1.807, 2.05) is 36.4 Å². The van der Waals surface area contributed by atoms with Gasteiger partial charge in [0.2, 0.25) is 0 Å². The van der Waals surface area contributed by atoms with Crippen molar-refractivity contribution < 1.29 is 14.7 Å². The number of carbonyl (C=O) groups excluding carboxylic acids is 1. The summed E-state index contributed by atoms with van der Waals surface area (Å²) in [6.07, 6.45) is 1.60. The first-order valence-electron chi connectivity index (χ1n) is 8.70. The molecule has 28 heavy (non-hydrogen) atoms. The molecule has 0 spiro atoms. The first kappa shape index (κ1) is 17.5. The zero-order valence-electron chi connectivity index (χ0n) is 14.9. The maximum Gasteiger partial charge on any atom is 0.323 e. The fraction of sp³-hybridized carbons (Fsp3) is 0.0455. The minimum absolute atomic E-state index is 0.321. The van der Waals surface area contributed by atoms with Crippen molar-refractivity contribution in [2.75, 3.05) is 17.2 Å². The summed E-state index contributed by atoms with van der Waals surface area (Å²) < 4.78 is 0. The Morgan fingerprint density at radius 3 is 2.50 bits per heavy atom. The van der Waals surface area contributed by atoms with Crippen molar-refractivity contribution in [3.63, 3.8) is 0 Å². The molecule has 6 heteroatoms. The van der Waals surface area contributed by atoms with Crippen LogP contribution in [0.4, 0.5) is 11.5 Å². The molecule has 1 amide bonds. The van der Waals surface area contributed by atoms with Crippen LogP contribution in [0.3, 0.4) is 0 Å². The molecule has 0 atom stereocenters. The van der Waals surface area contributed by atoms with Crippen LogP contribution < -0.4 is 10.6 Å². The van der Waals surface area contributed by atoms with Crippen molar-refractivity contribution in [1.29, 1.82) is 0 Å². The summed E-state index contributed by atoms with van der Waals surface area (Å²) in [5.41, 5.74) is 6.83. The van der Waals surface area contributed by atoms with Crippen molar-refractivity contribution in [3.8, 4) is 0 Å². The molecule has 0 aliphatic heterocycles. The highest BCUT2D eigenvalue weighted by Crippen LogP contribution is 2.29. The zero-order chi connectivity index (χ0) is 19.7. The number of amides is 1. The summed E-state index contributed by atoms with van der Waals surface area (Å²) in [6.45, 7) is -0.451. The highest BCUT2D eigenvalue weighted by molar-refractivity contribution is 6.14. The second kappa shape index (κ2) is 7.00. The van der Waals surface area contributed by atoms with Gasteiger partial charge >= 0.3 is 5.97 Å². The third kappa shape index (κ3) is 3.12. The molecule has 4 aromatic rings. The number of benzene rings is 3. The van der Waals surface area contributed by atoms with Crippen molar-refractivity contribution in [2.24, 2.45) is 0 Å². The monoisotopic (exact) mass is 371 g/mol. The van der Waals surface area contributed by atoms with Gasteiger partial charge in [-0.3, -0.25) is 14.5 Å². The largest absolute Gasteiger partial charge is 0.480 e. The van der Waals surface area contributed by atoms with Gasteiger partial charge in [-0.1, -0.05) is 42.5 Å². The van der Waals surface area contributed by atoms with Crippen molar-refractivity contribution in [1.82, 2.24) is 4.98 Å². The van der Waals surface area contributed by atoms with Crippen LogP contribution in [0, 0.1) is 0 Å². The van der Waals surface area contributed by atoms with Crippen LogP contribution in [-0.4, -0.2) is 28.5 Å². The smallest absolute Gasteiger partial charge is 0.323 e. The Morgan fingerprint density at radius 2 is 1.68 bits per heavy atom. The number of carbonyl (C=O) groups is 2. The lowest BCUT2D eigenvalue weighted by molar-refractivity contribution is -0.135. The average Bonchev–Trinajstić information content (AvgIpc) is 2.71. The van der Waals surface area contributed by atoms with Gasteiger partial charge in [0.15, 0.2) is 0 Å². The Morgan fingerprint density at radius 1 is 0.929 bits per heavy atom. The van der Waals surface area contributed by atoms with E-state index in [9.17, 15) is 14.7 Å². The molecule has 3 aromatic carbocycles. The summed E-state index contributed by atoms with van der Waals surface area (Å²) in [6, 6.07) is 19.9. The summed E-state index contributed by atoms with van der Waals surface area (Å²) in [5.74, 6) is -1.19. The number of nitrogen functional groups attached to an aromatic ring is 1. The second-order valence-corrected chi connectivity index (χ2v) is 6.42. The number of hydrogen-bond donors (Lipinski definition) is 2. The maximum absolute atomic E-state index is 13.3. The van der Waals surface area contributed by atoms with Gasteiger partial charge in [-0.05, 0) is 35.0 Å². The van der Waals surface area contributed by atoms with Gasteiger partial charge in [0.25, 0.3) is 5.91 Å². The molecule has 1 heterocycles. The predicted octanol–water partition coefficient (Wildman–Crippen LogP) is 3.70. The van der Waals surface area contributed by atoms with Crippen molar-refractivity contribution >= 4 is 44.9 Å². The van der Waals surface area contributed by atoms with E-state index in [0.717, 1.165) is 16.2 Å². The number of carboxylic acid groups (broad SMARTS) is 1. The SMILES string of the molecule is Nc1nccc2ccc(C(=O)N(CC(=O)O)c3cccc4ccccc34)cc12. The van der Waals surface area contributed by atoms with Crippen LogP contribution in [0.15, 0.2) is 72.9 Å². The van der Waals surface area contributed by atoms with Gasteiger partial charge in [0, 0.05) is 22.5 Å². The average molecular weight is 371 g/mol. The van der Waals surface area contributed by atoms with Crippen LogP contribution in [0.2, 0.25) is 0 Å². The maximum atomic E-state index is 13.3. The molecule has 6 nitrogen and oxygen atoms in total. The topological polar surface area (TPSA) is 96.5 Å². The zero-order valence-corrected chi connectivity index (χ0v) is 14.9. The quantitative estimate of drug-likeness (QED) is 0.570. The summed E-state index contributed by atoms with van der Waals surface area (Å²) in [5, 5.41) is 12.7. The first-order chi connectivity index (χ1) is 13.5. The standard InChI is InChI=1S/C22H17N3O3/c23-21-18-12-16(9-8-15(18)10-11-24-21)22(28)25(13-20(26)27)19-7-3-5-14-4-1-2-6-17(14)19/h1-12H,13H2,(H2,23,24)(H,26,27). The Hall–Kier alpha value is -3.93. The van der Waals surface area contributed by atoms with Gasteiger partial charge in [0.05, 0.1) is 5.69 Å². The number of anilines is 2. The Bertz CT molecular complexity index is 1210. The number of aliphatic carboxylic acids is 1. The molecule has 0 saturated carbocycles. The van der Waals surface area contributed by atoms with Gasteiger partial charge in [-0.2, -0.15) is 0 Å². The first-order valence-corrected chi connectivity index (χ1v) is 8.70. The van der Waals surface area contributed by atoms with E-state index in [-0.39, 0.29) is 0 Å². The molecule has 0 aliphatic rings. The number of pyridine rings is 1. The molecule has 4 rings (SSSR count). The molecule has 138 valence electrons. The normalized spacial score (nSPS) is 10.9. The molecule has 0 radical (unpaired) electrons. The van der Waals surface area contributed by atoms with Crippen LogP contribution in [0.5, 0.6) is 0 Å². The van der Waals surface area contributed by atoms with Crippen molar-refractivity contribution in [2.45, 2.75) is 0 Å². The Kier molecular flexibility index (Phi) is 4.37. The van der Waals surface area contributed by atoms with E-state index in [4.69, 9.17) is 5.73 Å². The fourth-order valence-electron chi connectivity index (χ4n) is 3.33. The third-order valence-corrected chi connectivity index (χ3v) is 4.64. The minimum atomic E-state index is -1.09. The van der Waals surface area contributed by atoms with Crippen LogP contribution in [0.25, 0.3) is 21.5 Å². The van der Waals surface area contributed by atoms with Crippen LogP contribution >= 0.6 is 0 Å². The van der Waals surface area contributed by atoms with Crippen molar-refractivity contribution in [3.05, 3.63) is 78.5 Å². The number of fused-ring (bicyclic) bond motifs is 2. The van der Waals surface area contributed by atoms with Gasteiger partial charge in [-0.15, -0.1) is 0 Å². The van der Waals surface area contributed by atoms with E-state index in [1.165, 1.54) is 4.90 Å². The summed E-state index contributed by atoms with van der Waals surface area (Å²) in [7, 11) is 0. The molecule has 0 fully saturated rings. The van der Waals surface area contributed by atoms with Gasteiger partial charge in [-0.25, -0.2) is 4.98 Å². The van der Waals surface area contributed by atoms with Crippen LogP contribution in [-0.2, 0) is 4.79 Å². The molecule has 0 aliphatic carbocycles. The molecule has 1 aromatic heterocycles. The number of hydrogen-bond acceptors (Lipinski definition) is 4.